The molecular formula is C29H46N4O8. The molecule has 0 aliphatic rings. The van der Waals surface area contributed by atoms with Crippen LogP contribution in [0.15, 0.2) is 18.2 Å². The number of benzene rings is 1. The smallest absolute Gasteiger partial charge is 0.408 e. The first kappa shape index (κ1) is 35.2. The zero-order chi connectivity index (χ0) is 31.2. The third-order valence-electron chi connectivity index (χ3n) is 5.98. The fourth-order valence-electron chi connectivity index (χ4n) is 4.03. The molecule has 0 bridgehead atoms. The monoisotopic (exact) mass is 578 g/mol. The predicted molar refractivity (Wildman–Crippen MR) is 153 cm³/mol. The van der Waals surface area contributed by atoms with Gasteiger partial charge < -0.3 is 35.8 Å². The second kappa shape index (κ2) is 17.1. The number of nitrogens with two attached hydrogens (primary N) is 1. The number of aryl methyl sites for hydroxylation is 1. The quantitative estimate of drug-likeness (QED) is 0.171. The summed E-state index contributed by atoms with van der Waals surface area (Å²) < 4.78 is 10.3. The van der Waals surface area contributed by atoms with Crippen LogP contribution >= 0.6 is 0 Å². The lowest BCUT2D eigenvalue weighted by Crippen LogP contribution is -2.53. The first-order valence-electron chi connectivity index (χ1n) is 14.0. The van der Waals surface area contributed by atoms with Gasteiger partial charge >= 0.3 is 12.1 Å². The molecule has 0 spiro atoms. The number of unbranched alkanes of at least 4 members (excludes halogenated alkanes) is 2. The van der Waals surface area contributed by atoms with Crippen molar-refractivity contribution < 1.29 is 38.6 Å². The summed E-state index contributed by atoms with van der Waals surface area (Å²) >= 11 is 0. The number of hydrogen-bond acceptors (Lipinski definition) is 8. The first-order valence-corrected chi connectivity index (χ1v) is 14.0. The van der Waals surface area contributed by atoms with Crippen molar-refractivity contribution in [3.05, 3.63) is 29.3 Å². The fraction of sp³-hybridized carbons (Fsp3) is 0.621. The minimum absolute atomic E-state index is 0.0185. The van der Waals surface area contributed by atoms with Crippen LogP contribution in [0, 0.1) is 6.92 Å². The Morgan fingerprint density at radius 1 is 1.07 bits per heavy atom. The van der Waals surface area contributed by atoms with E-state index in [-0.39, 0.29) is 44.7 Å². The number of rotatable bonds is 16. The van der Waals surface area contributed by atoms with Gasteiger partial charge in [0.25, 0.3) is 0 Å². The Balaban J connectivity index is 3.50. The Hall–Kier alpha value is -3.83. The van der Waals surface area contributed by atoms with Gasteiger partial charge in [0.2, 0.25) is 17.7 Å². The summed E-state index contributed by atoms with van der Waals surface area (Å²) in [7, 11) is 0. The molecule has 0 aliphatic heterocycles. The van der Waals surface area contributed by atoms with Crippen molar-refractivity contribution in [2.24, 2.45) is 5.73 Å². The van der Waals surface area contributed by atoms with E-state index in [0.717, 1.165) is 12.8 Å². The number of esters is 1. The molecule has 41 heavy (non-hydrogen) atoms. The molecule has 5 N–H and O–H groups in total. The SMILES string of the molecule is CCCCCN(C(=O)C(CCC(N)=O)NC(=O)OC(C)(C)C)C(C(=O)NCCC(=O)OCC)c1ccc(O)c(C)c1. The van der Waals surface area contributed by atoms with Crippen LogP contribution in [0.4, 0.5) is 4.79 Å². The van der Waals surface area contributed by atoms with E-state index in [0.29, 0.717) is 17.5 Å². The summed E-state index contributed by atoms with van der Waals surface area (Å²) in [5.74, 6) is -2.29. The number of carbonyl (C=O) groups is 5. The van der Waals surface area contributed by atoms with Crippen LogP contribution in [0.5, 0.6) is 5.75 Å². The van der Waals surface area contributed by atoms with Gasteiger partial charge in [-0.1, -0.05) is 25.8 Å². The van der Waals surface area contributed by atoms with Gasteiger partial charge in [0.15, 0.2) is 0 Å². The van der Waals surface area contributed by atoms with Gasteiger partial charge in [-0.3, -0.25) is 19.2 Å². The number of nitrogens with zero attached hydrogens (tertiary/aromatic N) is 1. The summed E-state index contributed by atoms with van der Waals surface area (Å²) in [6.07, 6.45) is 0.948. The molecule has 12 nitrogen and oxygen atoms in total. The lowest BCUT2D eigenvalue weighted by Gasteiger charge is -2.34. The fourth-order valence-corrected chi connectivity index (χ4v) is 4.03. The number of amides is 4. The van der Waals surface area contributed by atoms with Crippen LogP contribution in [0.3, 0.4) is 0 Å². The zero-order valence-electron chi connectivity index (χ0n) is 25.1. The minimum Gasteiger partial charge on any atom is -0.508 e. The summed E-state index contributed by atoms with van der Waals surface area (Å²) in [6.45, 7) is 10.7. The van der Waals surface area contributed by atoms with Crippen molar-refractivity contribution in [3.63, 3.8) is 0 Å². The third-order valence-corrected chi connectivity index (χ3v) is 5.98. The van der Waals surface area contributed by atoms with Crippen LogP contribution in [-0.4, -0.2) is 71.1 Å². The van der Waals surface area contributed by atoms with Crippen molar-refractivity contribution in [3.8, 4) is 5.75 Å². The molecule has 230 valence electrons. The van der Waals surface area contributed by atoms with Gasteiger partial charge in [-0.2, -0.15) is 0 Å². The number of nitrogens with one attached hydrogen (secondary N) is 2. The predicted octanol–water partition coefficient (Wildman–Crippen LogP) is 2.99. The topological polar surface area (TPSA) is 177 Å². The largest absolute Gasteiger partial charge is 0.508 e. The molecule has 0 aliphatic carbocycles. The third kappa shape index (κ3) is 12.9. The van der Waals surface area contributed by atoms with Crippen LogP contribution in [0.1, 0.15) is 90.3 Å². The Morgan fingerprint density at radius 3 is 2.32 bits per heavy atom. The highest BCUT2D eigenvalue weighted by atomic mass is 16.6. The van der Waals surface area contributed by atoms with Crippen molar-refractivity contribution in [1.29, 1.82) is 0 Å². The number of hydrogen-bond donors (Lipinski definition) is 4. The van der Waals surface area contributed by atoms with Gasteiger partial charge in [-0.25, -0.2) is 4.79 Å². The Bertz CT molecular complexity index is 1050. The molecule has 0 saturated heterocycles. The molecule has 0 fully saturated rings. The van der Waals surface area contributed by atoms with E-state index >= 15 is 0 Å². The number of phenols is 1. The van der Waals surface area contributed by atoms with Crippen molar-refractivity contribution in [1.82, 2.24) is 15.5 Å². The Morgan fingerprint density at radius 2 is 1.76 bits per heavy atom. The zero-order valence-corrected chi connectivity index (χ0v) is 25.1. The highest BCUT2D eigenvalue weighted by molar-refractivity contribution is 5.92. The second-order valence-electron chi connectivity index (χ2n) is 10.7. The van der Waals surface area contributed by atoms with Gasteiger partial charge in [0, 0.05) is 19.5 Å². The number of alkyl carbamates (subject to hydrolysis) is 1. The molecule has 12 heteroatoms. The molecule has 2 unspecified atom stereocenters. The van der Waals surface area contributed by atoms with E-state index in [1.54, 1.807) is 40.7 Å². The molecule has 2 atom stereocenters. The number of primary amides is 1. The summed E-state index contributed by atoms with van der Waals surface area (Å²) in [5.41, 5.74) is 5.42. The van der Waals surface area contributed by atoms with Gasteiger partial charge in [-0.05, 0) is 70.7 Å². The van der Waals surface area contributed by atoms with E-state index in [2.05, 4.69) is 10.6 Å². The molecule has 0 saturated carbocycles. The van der Waals surface area contributed by atoms with Crippen LogP contribution in [0.2, 0.25) is 0 Å². The molecule has 0 aromatic heterocycles. The second-order valence-corrected chi connectivity index (χ2v) is 10.7. The highest BCUT2D eigenvalue weighted by Gasteiger charge is 2.36. The Kier molecular flexibility index (Phi) is 14.7. The van der Waals surface area contributed by atoms with E-state index in [9.17, 15) is 29.1 Å². The Labute approximate surface area is 242 Å². The van der Waals surface area contributed by atoms with E-state index < -0.39 is 47.5 Å². The van der Waals surface area contributed by atoms with Crippen LogP contribution in [0.25, 0.3) is 0 Å². The lowest BCUT2D eigenvalue weighted by atomic mass is 9.99. The summed E-state index contributed by atoms with van der Waals surface area (Å²) in [6, 6.07) is 2.19. The van der Waals surface area contributed by atoms with Gasteiger partial charge in [-0.15, -0.1) is 0 Å². The molecule has 4 amide bonds. The normalized spacial score (nSPS) is 12.5. The maximum Gasteiger partial charge on any atom is 0.408 e. The number of ether oxygens (including phenoxy) is 2. The standard InChI is InChI=1S/C29H46N4O8/c1-7-9-10-17-33(27(38)21(12-14-23(30)35)32-28(39)41-29(4,5)6)25(20-11-13-22(34)19(3)18-20)26(37)31-16-15-24(36)40-8-2/h11,13,18,21,25,34H,7-10,12,14-17H2,1-6H3,(H2,30,35)(H,31,37)(H,32,39). The molecule has 0 radical (unpaired) electrons. The molecule has 0 heterocycles. The van der Waals surface area contributed by atoms with E-state index in [4.69, 9.17) is 15.2 Å². The summed E-state index contributed by atoms with van der Waals surface area (Å²) in [4.78, 5) is 65.2. The van der Waals surface area contributed by atoms with Crippen LogP contribution in [-0.2, 0) is 28.7 Å². The van der Waals surface area contributed by atoms with E-state index in [1.807, 2.05) is 6.92 Å². The summed E-state index contributed by atoms with van der Waals surface area (Å²) in [5, 5.41) is 15.4. The van der Waals surface area contributed by atoms with Crippen molar-refractivity contribution >= 4 is 29.8 Å². The number of phenolic OH excluding ortho intramolecular Hbond substituents is 1. The molecule has 1 rings (SSSR count). The van der Waals surface area contributed by atoms with Gasteiger partial charge in [0.1, 0.15) is 23.4 Å². The number of carbonyl (C=O) groups excluding carboxylic acids is 5. The minimum atomic E-state index is -1.22. The maximum atomic E-state index is 14.1. The van der Waals surface area contributed by atoms with E-state index in [1.165, 1.54) is 17.0 Å². The average molecular weight is 579 g/mol. The average Bonchev–Trinajstić information content (AvgIpc) is 2.86. The molecular weight excluding hydrogens is 532 g/mol. The highest BCUT2D eigenvalue weighted by Crippen LogP contribution is 2.28. The van der Waals surface area contributed by atoms with Gasteiger partial charge in [0.05, 0.1) is 13.0 Å². The van der Waals surface area contributed by atoms with Crippen molar-refractivity contribution in [2.45, 2.75) is 97.8 Å². The number of aromatic hydroxyl groups is 1. The molecule has 1 aromatic carbocycles. The lowest BCUT2D eigenvalue weighted by molar-refractivity contribution is -0.144. The van der Waals surface area contributed by atoms with Crippen molar-refractivity contribution in [2.75, 3.05) is 19.7 Å². The first-order chi connectivity index (χ1) is 19.2. The molecule has 1 aromatic rings. The maximum absolute atomic E-state index is 14.1. The van der Waals surface area contributed by atoms with Crippen LogP contribution < -0.4 is 16.4 Å².